The van der Waals surface area contributed by atoms with Gasteiger partial charge in [0.05, 0.1) is 22.7 Å². The fraction of sp³-hybridized carbons (Fsp3) is 0.0870. The highest BCUT2D eigenvalue weighted by Gasteiger charge is 2.31. The third-order valence-corrected chi connectivity index (χ3v) is 18.5. The molecule has 14 aromatic rings. The second kappa shape index (κ2) is 28.1. The molecule has 0 aromatic heterocycles. The molecule has 14 aromatic carbocycles. The summed E-state index contributed by atoms with van der Waals surface area (Å²) in [4.78, 5) is 6.95. The minimum absolute atomic E-state index is 0.308. The van der Waals surface area contributed by atoms with Crippen molar-refractivity contribution in [1.29, 1.82) is 0 Å². The fourth-order valence-corrected chi connectivity index (χ4v) is 13.7. The summed E-state index contributed by atoms with van der Waals surface area (Å²) in [5.74, 6) is 0.903. The van der Waals surface area contributed by atoms with E-state index >= 15 is 4.39 Å². The molecule has 0 N–H and O–H groups in total. The van der Waals surface area contributed by atoms with Gasteiger partial charge in [0.1, 0.15) is 17.3 Å². The summed E-state index contributed by atoms with van der Waals surface area (Å²) in [5.41, 5.74) is 20.8. The van der Waals surface area contributed by atoms with Crippen LogP contribution in [0.3, 0.4) is 0 Å². The lowest BCUT2D eigenvalue weighted by Gasteiger charge is -2.35. The van der Waals surface area contributed by atoms with Crippen molar-refractivity contribution >= 4 is 74.4 Å². The number of benzene rings is 14. The summed E-state index contributed by atoms with van der Waals surface area (Å²) in [5, 5.41) is 1.15. The number of halogens is 3. The maximum absolute atomic E-state index is 16.4. The van der Waals surface area contributed by atoms with Gasteiger partial charge in [-0.15, -0.1) is 0 Å². The summed E-state index contributed by atoms with van der Waals surface area (Å²) in [6.45, 7) is 13.5. The summed E-state index contributed by atoms with van der Waals surface area (Å²) < 4.78 is 23.9. The first kappa shape index (κ1) is 65.1. The summed E-state index contributed by atoms with van der Waals surface area (Å²) in [6.07, 6.45) is 0. The number of ether oxygens (including phenoxy) is 1. The second-order valence-electron chi connectivity index (χ2n) is 27.0. The Morgan fingerprint density at radius 1 is 0.253 bits per heavy atom. The Bertz CT molecular complexity index is 4980. The molecular weight excluding hydrogens is 1250 g/mol. The second-order valence-corrected chi connectivity index (χ2v) is 27.8. The lowest BCUT2D eigenvalue weighted by atomic mass is 9.85. The largest absolute Gasteiger partial charge is 0.457 e. The molecule has 0 bridgehead atoms. The van der Waals surface area contributed by atoms with Gasteiger partial charge in [-0.05, 0) is 152 Å². The van der Waals surface area contributed by atoms with Gasteiger partial charge in [-0.25, -0.2) is 4.39 Å². The van der Waals surface area contributed by atoms with Gasteiger partial charge in [0, 0.05) is 84.0 Å². The van der Waals surface area contributed by atoms with Crippen LogP contribution in [0.5, 0.6) is 11.5 Å². The van der Waals surface area contributed by atoms with E-state index < -0.39 is 5.41 Å². The Labute approximate surface area is 591 Å². The molecule has 0 aliphatic carbocycles. The van der Waals surface area contributed by atoms with Crippen molar-refractivity contribution in [3.63, 3.8) is 0 Å². The normalized spacial score (nSPS) is 11.5. The predicted molar refractivity (Wildman–Crippen MR) is 417 cm³/mol. The molecule has 484 valence electrons. The smallest absolute Gasteiger partial charge is 0.129 e. The fourth-order valence-electron chi connectivity index (χ4n) is 13.2. The topological polar surface area (TPSA) is 19.0 Å². The van der Waals surface area contributed by atoms with Gasteiger partial charge >= 0.3 is 0 Å². The first-order chi connectivity index (χ1) is 48.1. The van der Waals surface area contributed by atoms with Gasteiger partial charge in [0.25, 0.3) is 0 Å². The quantitative estimate of drug-likeness (QED) is 0.0904. The molecule has 0 fully saturated rings. The molecule has 0 saturated carbocycles. The summed E-state index contributed by atoms with van der Waals surface area (Å²) >= 11 is 14.7. The molecule has 99 heavy (non-hydrogen) atoms. The number of para-hydroxylation sites is 2. The van der Waals surface area contributed by atoms with Crippen LogP contribution in [0.2, 0.25) is 10.0 Å². The number of hydrogen-bond acceptors (Lipinski definition) is 4. The van der Waals surface area contributed by atoms with Crippen molar-refractivity contribution in [2.24, 2.45) is 0 Å². The maximum atomic E-state index is 16.4. The van der Waals surface area contributed by atoms with E-state index in [2.05, 4.69) is 305 Å². The van der Waals surface area contributed by atoms with Crippen molar-refractivity contribution in [3.8, 4) is 78.3 Å². The molecule has 7 heteroatoms. The first-order valence-electron chi connectivity index (χ1n) is 33.5. The number of nitrogens with zero attached hydrogens (tertiary/aromatic N) is 3. The highest BCUT2D eigenvalue weighted by atomic mass is 35.5. The molecule has 4 nitrogen and oxygen atoms in total. The van der Waals surface area contributed by atoms with E-state index in [0.29, 0.717) is 27.2 Å². The lowest BCUT2D eigenvalue weighted by Crippen LogP contribution is -2.19. The Morgan fingerprint density at radius 3 is 0.929 bits per heavy atom. The van der Waals surface area contributed by atoms with Crippen molar-refractivity contribution in [2.45, 2.75) is 52.4 Å². The summed E-state index contributed by atoms with van der Waals surface area (Å²) in [6, 6.07) is 117. The average molecular weight is 1330 g/mol. The number of rotatable bonds is 17. The first-order valence-corrected chi connectivity index (χ1v) is 34.3. The molecule has 0 atom stereocenters. The van der Waals surface area contributed by atoms with Crippen molar-refractivity contribution in [3.05, 3.63) is 367 Å². The van der Waals surface area contributed by atoms with Gasteiger partial charge in [-0.1, -0.05) is 295 Å². The van der Waals surface area contributed by atoms with Crippen molar-refractivity contribution in [1.82, 2.24) is 0 Å². The Kier molecular flexibility index (Phi) is 18.5. The van der Waals surface area contributed by atoms with Crippen LogP contribution < -0.4 is 19.4 Å². The van der Waals surface area contributed by atoms with Crippen molar-refractivity contribution in [2.75, 3.05) is 14.7 Å². The van der Waals surface area contributed by atoms with E-state index in [1.807, 2.05) is 72.8 Å². The minimum Gasteiger partial charge on any atom is -0.457 e. The molecule has 0 spiro atoms. The molecule has 0 saturated heterocycles. The van der Waals surface area contributed by atoms with Crippen LogP contribution in [0.1, 0.15) is 52.7 Å². The monoisotopic (exact) mass is 1330 g/mol. The van der Waals surface area contributed by atoms with Crippen LogP contribution in [-0.2, 0) is 10.8 Å². The zero-order chi connectivity index (χ0) is 68.2. The zero-order valence-electron chi connectivity index (χ0n) is 56.2. The van der Waals surface area contributed by atoms with E-state index in [1.54, 1.807) is 12.1 Å². The number of anilines is 9. The van der Waals surface area contributed by atoms with Gasteiger partial charge in [0.15, 0.2) is 0 Å². The Morgan fingerprint density at radius 2 is 0.545 bits per heavy atom. The molecule has 0 heterocycles. The van der Waals surface area contributed by atoms with E-state index in [1.165, 1.54) is 6.07 Å². The van der Waals surface area contributed by atoms with Crippen LogP contribution >= 0.6 is 23.2 Å². The molecule has 0 aliphatic rings. The molecule has 14 rings (SSSR count). The highest BCUT2D eigenvalue weighted by Crippen LogP contribution is 2.55. The third-order valence-electron chi connectivity index (χ3n) is 18.1. The Hall–Kier alpha value is -11.2. The minimum atomic E-state index is -0.434. The molecule has 0 aliphatic heterocycles. The van der Waals surface area contributed by atoms with Gasteiger partial charge < -0.3 is 19.4 Å². The zero-order valence-corrected chi connectivity index (χ0v) is 57.7. The molecular formula is C92H74Cl2FN3O. The highest BCUT2D eigenvalue weighted by molar-refractivity contribution is 6.32. The van der Waals surface area contributed by atoms with E-state index in [4.69, 9.17) is 27.9 Å². The maximum Gasteiger partial charge on any atom is 0.129 e. The van der Waals surface area contributed by atoms with E-state index in [-0.39, 0.29) is 11.2 Å². The van der Waals surface area contributed by atoms with Gasteiger partial charge in [-0.3, -0.25) is 0 Å². The van der Waals surface area contributed by atoms with Crippen LogP contribution in [0.4, 0.5) is 55.6 Å². The van der Waals surface area contributed by atoms with Gasteiger partial charge in [-0.2, -0.15) is 0 Å². The number of hydrogen-bond donors (Lipinski definition) is 0. The van der Waals surface area contributed by atoms with Crippen LogP contribution in [-0.4, -0.2) is 0 Å². The van der Waals surface area contributed by atoms with Crippen LogP contribution in [0.15, 0.2) is 340 Å². The van der Waals surface area contributed by atoms with Gasteiger partial charge in [0.2, 0.25) is 0 Å². The Balaban J connectivity index is 1.03. The SMILES string of the molecule is CC(C)(C)c1cc(Oc2cccc(N(c3cc(N(c4cccc(F)c4)c4c(-c5ccccc5)cc(Cl)cc4-c4ccccc4)cc(C(C)(C)C)c3)c3c(-c4ccccc4)cc(Cl)cc3-c3ccccc3)c2)cc(N(c2ccccc2)c2c(-c3ccccc3)cccc2-c2ccccc2)c1. The molecule has 0 amide bonds. The van der Waals surface area contributed by atoms with Crippen LogP contribution in [0, 0.1) is 5.82 Å². The predicted octanol–water partition coefficient (Wildman–Crippen LogP) is 27.9. The average Bonchev–Trinajstić information content (AvgIpc) is 0.758. The third kappa shape index (κ3) is 14.0. The molecule has 0 radical (unpaired) electrons. The molecule has 0 unspecified atom stereocenters. The van der Waals surface area contributed by atoms with Crippen molar-refractivity contribution < 1.29 is 9.13 Å². The van der Waals surface area contributed by atoms with Crippen LogP contribution in [0.25, 0.3) is 66.8 Å². The lowest BCUT2D eigenvalue weighted by molar-refractivity contribution is 0.479. The standard InChI is InChI=1S/C92H74Cl2FN3O/c1-91(2,3)69-51-77(97(75-46-28-43-73(95)59-75)89-84(65-35-18-9-19-36-65)55-71(93)56-85(89)66-37-20-10-21-38-66)60-78(52-69)98(90-86(67-39-22-11-23-40-67)57-72(94)58-87(90)68-41-24-12-25-42-68)76-47-29-48-80(61-76)99-81-54-70(92(4,5)6)53-79(62-81)96(74-44-26-13-27-45-74)88-82(63-31-14-7-15-32-63)49-30-50-83(88)64-33-16-8-17-34-64/h7-62H,1-6H3. The summed E-state index contributed by atoms with van der Waals surface area (Å²) in [7, 11) is 0. The van der Waals surface area contributed by atoms with E-state index in [0.717, 1.165) is 123 Å². The van der Waals surface area contributed by atoms with E-state index in [9.17, 15) is 0 Å².